The molecule has 0 fully saturated rings. The predicted octanol–water partition coefficient (Wildman–Crippen LogP) is 7.66. The molecule has 0 aliphatic heterocycles. The summed E-state index contributed by atoms with van der Waals surface area (Å²) >= 11 is 0. The maximum Gasteiger partial charge on any atom is 0.0620 e. The van der Waals surface area contributed by atoms with Gasteiger partial charge in [0.25, 0.3) is 0 Å². The van der Waals surface area contributed by atoms with Crippen molar-refractivity contribution < 1.29 is 0 Å². The molecule has 7 rings (SSSR count). The lowest BCUT2D eigenvalue weighted by Crippen LogP contribution is -1.82. The highest BCUT2D eigenvalue weighted by molar-refractivity contribution is 6.28. The molecule has 0 amide bonds. The largest absolute Gasteiger partial charge is 0.308 e. The highest BCUT2D eigenvalue weighted by Gasteiger charge is 2.18. The van der Waals surface area contributed by atoms with Gasteiger partial charge >= 0.3 is 0 Å². The van der Waals surface area contributed by atoms with Crippen molar-refractivity contribution in [2.75, 3.05) is 0 Å². The summed E-state index contributed by atoms with van der Waals surface area (Å²) in [6, 6.07) is 37.5. The van der Waals surface area contributed by atoms with Crippen molar-refractivity contribution in [1.29, 1.82) is 0 Å². The fourth-order valence-electron chi connectivity index (χ4n) is 5.06. The molecule has 0 aliphatic rings. The van der Waals surface area contributed by atoms with Crippen molar-refractivity contribution >= 4 is 48.9 Å². The minimum absolute atomic E-state index is 1.26. The second-order valence-electron chi connectivity index (χ2n) is 7.82. The highest BCUT2D eigenvalue weighted by Crippen LogP contribution is 2.42. The van der Waals surface area contributed by atoms with Crippen LogP contribution in [0, 0.1) is 0 Å². The van der Waals surface area contributed by atoms with Gasteiger partial charge in [-0.05, 0) is 40.1 Å². The number of rotatable bonds is 1. The van der Waals surface area contributed by atoms with E-state index in [1.807, 2.05) is 0 Å². The number of hydrogen-bond acceptors (Lipinski definition) is 0. The fraction of sp³-hybridized carbons (Fsp3) is 0. The van der Waals surface area contributed by atoms with Gasteiger partial charge in [-0.25, -0.2) is 0 Å². The highest BCUT2D eigenvalue weighted by atomic mass is 14.9. The quantitative estimate of drug-likeness (QED) is 0.280. The van der Waals surface area contributed by atoms with E-state index in [2.05, 4.69) is 108 Å². The maximum atomic E-state index is 2.45. The van der Waals surface area contributed by atoms with Gasteiger partial charge in [-0.1, -0.05) is 84.9 Å². The molecule has 7 aromatic rings. The van der Waals surface area contributed by atoms with E-state index in [1.54, 1.807) is 0 Å². The van der Waals surface area contributed by atoms with Crippen LogP contribution in [0.3, 0.4) is 0 Å². The first-order valence-electron chi connectivity index (χ1n) is 10.1. The molecule has 0 bridgehead atoms. The van der Waals surface area contributed by atoms with Crippen LogP contribution in [0.25, 0.3) is 60.0 Å². The normalized spacial score (nSPS) is 12.1. The van der Waals surface area contributed by atoms with E-state index < -0.39 is 0 Å². The Morgan fingerprint density at radius 3 is 2.14 bits per heavy atom. The Morgan fingerprint density at radius 2 is 1.21 bits per heavy atom. The topological polar surface area (TPSA) is 4.41 Å². The van der Waals surface area contributed by atoms with Crippen molar-refractivity contribution in [3.05, 3.63) is 103 Å². The van der Waals surface area contributed by atoms with Crippen LogP contribution in [0.1, 0.15) is 0 Å². The molecule has 2 aromatic heterocycles. The van der Waals surface area contributed by atoms with Gasteiger partial charge in [-0.2, -0.15) is 0 Å². The zero-order valence-corrected chi connectivity index (χ0v) is 15.8. The molecule has 2 heterocycles. The molecule has 0 N–H and O–H groups in total. The minimum Gasteiger partial charge on any atom is -0.308 e. The van der Waals surface area contributed by atoms with Crippen LogP contribution >= 0.6 is 0 Å². The first kappa shape index (κ1) is 15.1. The van der Waals surface area contributed by atoms with E-state index >= 15 is 0 Å². The van der Waals surface area contributed by atoms with Gasteiger partial charge in [0.05, 0.1) is 16.6 Å². The van der Waals surface area contributed by atoms with Gasteiger partial charge in [0.2, 0.25) is 0 Å². The molecule has 134 valence electrons. The molecule has 0 unspecified atom stereocenters. The van der Waals surface area contributed by atoms with Gasteiger partial charge < -0.3 is 4.40 Å². The average molecular weight is 367 g/mol. The van der Waals surface area contributed by atoms with Gasteiger partial charge in [-0.3, -0.25) is 0 Å². The van der Waals surface area contributed by atoms with Gasteiger partial charge in [0.15, 0.2) is 0 Å². The molecular weight excluding hydrogens is 350 g/mol. The van der Waals surface area contributed by atoms with Crippen LogP contribution in [0.5, 0.6) is 0 Å². The van der Waals surface area contributed by atoms with E-state index in [0.29, 0.717) is 0 Å². The van der Waals surface area contributed by atoms with Gasteiger partial charge in [-0.15, -0.1) is 0 Å². The molecule has 0 spiro atoms. The Bertz CT molecular complexity index is 1690. The summed E-state index contributed by atoms with van der Waals surface area (Å²) in [5.74, 6) is 0. The smallest absolute Gasteiger partial charge is 0.0620 e. The maximum absolute atomic E-state index is 2.45. The molecule has 0 saturated carbocycles. The SMILES string of the molecule is c1ccc(-c2ccc3c(c2)c2cccc4c5c6ccccc6ccc5n3c24)cc1. The van der Waals surface area contributed by atoms with Crippen LogP contribution in [0.2, 0.25) is 0 Å². The third-order valence-corrected chi connectivity index (χ3v) is 6.31. The van der Waals surface area contributed by atoms with E-state index in [-0.39, 0.29) is 0 Å². The fourth-order valence-corrected chi connectivity index (χ4v) is 5.06. The summed E-state index contributed by atoms with van der Waals surface area (Å²) in [5, 5.41) is 7.97. The van der Waals surface area contributed by atoms with Crippen molar-refractivity contribution in [3.63, 3.8) is 0 Å². The van der Waals surface area contributed by atoms with Crippen molar-refractivity contribution in [3.8, 4) is 11.1 Å². The Labute approximate surface area is 167 Å². The summed E-state index contributed by atoms with van der Waals surface area (Å²) in [6.07, 6.45) is 0. The molecule has 0 atom stereocenters. The summed E-state index contributed by atoms with van der Waals surface area (Å²) in [5.41, 5.74) is 6.43. The predicted molar refractivity (Wildman–Crippen MR) is 124 cm³/mol. The number of nitrogens with zero attached hydrogens (tertiary/aromatic N) is 1. The van der Waals surface area contributed by atoms with Crippen molar-refractivity contribution in [2.45, 2.75) is 0 Å². The summed E-state index contributed by atoms with van der Waals surface area (Å²) in [4.78, 5) is 0. The number of aromatic nitrogens is 1. The number of benzene rings is 5. The van der Waals surface area contributed by atoms with E-state index in [9.17, 15) is 0 Å². The second kappa shape index (κ2) is 5.36. The molecule has 29 heavy (non-hydrogen) atoms. The second-order valence-corrected chi connectivity index (χ2v) is 7.82. The first-order valence-corrected chi connectivity index (χ1v) is 10.1. The Morgan fingerprint density at radius 1 is 0.448 bits per heavy atom. The Kier molecular flexibility index (Phi) is 2.80. The monoisotopic (exact) mass is 367 g/mol. The number of para-hydroxylation sites is 1. The summed E-state index contributed by atoms with van der Waals surface area (Å²) in [7, 11) is 0. The van der Waals surface area contributed by atoms with Crippen molar-refractivity contribution in [2.24, 2.45) is 0 Å². The van der Waals surface area contributed by atoms with E-state index in [4.69, 9.17) is 0 Å². The van der Waals surface area contributed by atoms with Crippen LogP contribution < -0.4 is 0 Å². The minimum atomic E-state index is 1.26. The molecule has 1 heteroatoms. The third kappa shape index (κ3) is 1.89. The third-order valence-electron chi connectivity index (χ3n) is 6.31. The standard InChI is InChI=1S/C28H17N/c1-2-7-18(8-3-1)20-14-15-25-24(17-20)22-11-6-12-23-27-21-10-5-4-9-19(21)13-16-26(27)29(25)28(22)23/h1-17H. The molecule has 0 aliphatic carbocycles. The van der Waals surface area contributed by atoms with Crippen LogP contribution in [0.4, 0.5) is 0 Å². The van der Waals surface area contributed by atoms with Crippen LogP contribution in [-0.4, -0.2) is 4.40 Å². The summed E-state index contributed by atoms with van der Waals surface area (Å²) < 4.78 is 2.45. The molecule has 0 radical (unpaired) electrons. The molecule has 5 aromatic carbocycles. The van der Waals surface area contributed by atoms with E-state index in [0.717, 1.165) is 0 Å². The Hall–Kier alpha value is -3.84. The lowest BCUT2D eigenvalue weighted by atomic mass is 10.0. The molecule has 0 saturated heterocycles. The average Bonchev–Trinajstić information content (AvgIpc) is 3.31. The molecule has 1 nitrogen and oxygen atoms in total. The van der Waals surface area contributed by atoms with Gasteiger partial charge in [0.1, 0.15) is 0 Å². The van der Waals surface area contributed by atoms with Crippen LogP contribution in [0.15, 0.2) is 103 Å². The Balaban J connectivity index is 1.69. The molecular formula is C28H17N. The number of fused-ring (bicyclic) bond motifs is 8. The zero-order chi connectivity index (χ0) is 18.9. The lowest BCUT2D eigenvalue weighted by Gasteiger charge is -2.04. The summed E-state index contributed by atoms with van der Waals surface area (Å²) in [6.45, 7) is 0. The zero-order valence-electron chi connectivity index (χ0n) is 15.8. The first-order chi connectivity index (χ1) is 14.4. The lowest BCUT2D eigenvalue weighted by molar-refractivity contribution is 1.37. The van der Waals surface area contributed by atoms with Crippen molar-refractivity contribution in [1.82, 2.24) is 4.40 Å². The van der Waals surface area contributed by atoms with Gasteiger partial charge in [0, 0.05) is 21.5 Å². The number of hydrogen-bond donors (Lipinski definition) is 0. The van der Waals surface area contributed by atoms with E-state index in [1.165, 1.54) is 60.0 Å². The van der Waals surface area contributed by atoms with Crippen LogP contribution in [-0.2, 0) is 0 Å².